The van der Waals surface area contributed by atoms with Crippen LogP contribution in [0.4, 0.5) is 0 Å². The van der Waals surface area contributed by atoms with Crippen LogP contribution in [0.15, 0.2) is 0 Å². The first-order valence-electron chi connectivity index (χ1n) is 5.84. The maximum Gasteiger partial charge on any atom is 0.326 e. The third kappa shape index (κ3) is 1.88. The average molecular weight is 212 g/mol. The van der Waals surface area contributed by atoms with Crippen molar-refractivity contribution in [2.24, 2.45) is 5.92 Å². The highest BCUT2D eigenvalue weighted by Gasteiger charge is 2.47. The largest absolute Gasteiger partial charge is 0.468 e. The zero-order valence-corrected chi connectivity index (χ0v) is 9.34. The van der Waals surface area contributed by atoms with Crippen molar-refractivity contribution in [1.82, 2.24) is 10.6 Å². The van der Waals surface area contributed by atoms with Gasteiger partial charge in [0.1, 0.15) is 5.54 Å². The van der Waals surface area contributed by atoms with Crippen molar-refractivity contribution in [2.75, 3.05) is 26.7 Å². The van der Waals surface area contributed by atoms with Crippen LogP contribution in [0.25, 0.3) is 0 Å². The van der Waals surface area contributed by atoms with Crippen LogP contribution in [0.1, 0.15) is 25.7 Å². The molecule has 0 aliphatic carbocycles. The summed E-state index contributed by atoms with van der Waals surface area (Å²) in [7, 11) is 1.49. The standard InChI is InChI=1S/C11H20N2O2/c1-15-10(14)11(5-2-3-6-13-11)9-4-7-12-8-9/h9,12-13H,2-8H2,1H3. The Bertz CT molecular complexity index is 231. The quantitative estimate of drug-likeness (QED) is 0.646. The molecule has 2 N–H and O–H groups in total. The molecule has 0 aromatic heterocycles. The summed E-state index contributed by atoms with van der Waals surface area (Å²) in [6.45, 7) is 2.89. The number of ether oxygens (including phenoxy) is 1. The Balaban J connectivity index is 2.16. The zero-order chi connectivity index (χ0) is 10.7. The maximum atomic E-state index is 12.0. The first kappa shape index (κ1) is 10.9. The smallest absolute Gasteiger partial charge is 0.326 e. The zero-order valence-electron chi connectivity index (χ0n) is 9.34. The van der Waals surface area contributed by atoms with E-state index in [1.165, 1.54) is 13.5 Å². The normalized spacial score (nSPS) is 36.5. The molecule has 0 saturated carbocycles. The molecule has 4 heteroatoms. The Morgan fingerprint density at radius 2 is 2.27 bits per heavy atom. The van der Waals surface area contributed by atoms with Crippen molar-refractivity contribution in [3.8, 4) is 0 Å². The molecule has 2 unspecified atom stereocenters. The lowest BCUT2D eigenvalue weighted by Gasteiger charge is -2.40. The lowest BCUT2D eigenvalue weighted by molar-refractivity contribution is -0.152. The summed E-state index contributed by atoms with van der Waals surface area (Å²) in [5.74, 6) is 0.321. The molecule has 86 valence electrons. The van der Waals surface area contributed by atoms with Gasteiger partial charge in [-0.25, -0.2) is 0 Å². The second-order valence-corrected chi connectivity index (χ2v) is 4.54. The highest BCUT2D eigenvalue weighted by molar-refractivity contribution is 5.81. The van der Waals surface area contributed by atoms with Gasteiger partial charge >= 0.3 is 5.97 Å². The third-order valence-corrected chi connectivity index (χ3v) is 3.75. The molecule has 2 atom stereocenters. The summed E-state index contributed by atoms with van der Waals surface area (Å²) in [4.78, 5) is 12.0. The van der Waals surface area contributed by atoms with E-state index in [9.17, 15) is 4.79 Å². The van der Waals surface area contributed by atoms with Crippen molar-refractivity contribution in [3.63, 3.8) is 0 Å². The van der Waals surface area contributed by atoms with Crippen molar-refractivity contribution in [1.29, 1.82) is 0 Å². The van der Waals surface area contributed by atoms with Crippen molar-refractivity contribution < 1.29 is 9.53 Å². The molecule has 2 fully saturated rings. The van der Waals surface area contributed by atoms with Gasteiger partial charge in [0, 0.05) is 12.5 Å². The summed E-state index contributed by atoms with van der Waals surface area (Å²) >= 11 is 0. The van der Waals surface area contributed by atoms with E-state index in [-0.39, 0.29) is 5.97 Å². The van der Waals surface area contributed by atoms with E-state index < -0.39 is 5.54 Å². The van der Waals surface area contributed by atoms with E-state index in [1.54, 1.807) is 0 Å². The molecule has 2 saturated heterocycles. The number of nitrogens with one attached hydrogen (secondary N) is 2. The van der Waals surface area contributed by atoms with Crippen molar-refractivity contribution in [2.45, 2.75) is 31.2 Å². The van der Waals surface area contributed by atoms with Crippen LogP contribution in [0, 0.1) is 5.92 Å². The molecular formula is C11H20N2O2. The fourth-order valence-electron chi connectivity index (χ4n) is 2.88. The number of piperidine rings is 1. The molecular weight excluding hydrogens is 192 g/mol. The molecule has 0 bridgehead atoms. The minimum atomic E-state index is -0.406. The molecule has 2 rings (SSSR count). The summed E-state index contributed by atoms with van der Waals surface area (Å²) in [5.41, 5.74) is -0.406. The van der Waals surface area contributed by atoms with Crippen molar-refractivity contribution in [3.05, 3.63) is 0 Å². The number of methoxy groups -OCH3 is 1. The van der Waals surface area contributed by atoms with E-state index >= 15 is 0 Å². The minimum Gasteiger partial charge on any atom is -0.468 e. The van der Waals surface area contributed by atoms with Gasteiger partial charge in [-0.05, 0) is 38.8 Å². The summed E-state index contributed by atoms with van der Waals surface area (Å²) in [5, 5.41) is 6.74. The molecule has 2 heterocycles. The molecule has 0 amide bonds. The minimum absolute atomic E-state index is 0.0732. The van der Waals surface area contributed by atoms with Crippen molar-refractivity contribution >= 4 is 5.97 Å². The molecule has 0 aromatic rings. The Morgan fingerprint density at radius 3 is 2.80 bits per heavy atom. The third-order valence-electron chi connectivity index (χ3n) is 3.75. The first-order valence-corrected chi connectivity index (χ1v) is 5.84. The average Bonchev–Trinajstić information content (AvgIpc) is 2.83. The Hall–Kier alpha value is -0.610. The van der Waals surface area contributed by atoms with Crippen LogP contribution < -0.4 is 10.6 Å². The number of carbonyl (C=O) groups excluding carboxylic acids is 1. The van der Waals surface area contributed by atoms with Gasteiger partial charge in [-0.1, -0.05) is 0 Å². The Labute approximate surface area is 90.8 Å². The lowest BCUT2D eigenvalue weighted by Crippen LogP contribution is -2.60. The van der Waals surface area contributed by atoms with E-state index in [2.05, 4.69) is 10.6 Å². The van der Waals surface area contributed by atoms with E-state index in [1.807, 2.05) is 0 Å². The monoisotopic (exact) mass is 212 g/mol. The van der Waals surface area contributed by atoms with E-state index in [0.717, 1.165) is 38.9 Å². The fraction of sp³-hybridized carbons (Fsp3) is 0.909. The Kier molecular flexibility index (Phi) is 3.26. The van der Waals surface area contributed by atoms with Gasteiger partial charge < -0.3 is 15.4 Å². The number of esters is 1. The molecule has 0 radical (unpaired) electrons. The predicted molar refractivity (Wildman–Crippen MR) is 57.6 cm³/mol. The van der Waals surface area contributed by atoms with Crippen LogP contribution in [-0.2, 0) is 9.53 Å². The molecule has 2 aliphatic rings. The van der Waals surface area contributed by atoms with Gasteiger partial charge in [-0.15, -0.1) is 0 Å². The molecule has 2 aliphatic heterocycles. The van der Waals surface area contributed by atoms with E-state index in [4.69, 9.17) is 4.74 Å². The summed E-state index contributed by atoms with van der Waals surface area (Å²) in [6, 6.07) is 0. The van der Waals surface area contributed by atoms with Crippen LogP contribution in [0.3, 0.4) is 0 Å². The lowest BCUT2D eigenvalue weighted by atomic mass is 9.77. The van der Waals surface area contributed by atoms with Gasteiger partial charge in [-0.2, -0.15) is 0 Å². The molecule has 0 spiro atoms. The number of carbonyl (C=O) groups is 1. The number of hydrogen-bond donors (Lipinski definition) is 2. The second-order valence-electron chi connectivity index (χ2n) is 4.54. The van der Waals surface area contributed by atoms with Gasteiger partial charge in [0.2, 0.25) is 0 Å². The van der Waals surface area contributed by atoms with Crippen LogP contribution >= 0.6 is 0 Å². The fourth-order valence-corrected chi connectivity index (χ4v) is 2.88. The molecule has 4 nitrogen and oxygen atoms in total. The van der Waals surface area contributed by atoms with Gasteiger partial charge in [0.25, 0.3) is 0 Å². The second kappa shape index (κ2) is 4.49. The van der Waals surface area contributed by atoms with Gasteiger partial charge in [0.15, 0.2) is 0 Å². The van der Waals surface area contributed by atoms with Gasteiger partial charge in [-0.3, -0.25) is 4.79 Å². The van der Waals surface area contributed by atoms with E-state index in [0.29, 0.717) is 5.92 Å². The topological polar surface area (TPSA) is 50.4 Å². The molecule has 15 heavy (non-hydrogen) atoms. The maximum absolute atomic E-state index is 12.0. The van der Waals surface area contributed by atoms with Gasteiger partial charge in [0.05, 0.1) is 7.11 Å². The Morgan fingerprint density at radius 1 is 1.40 bits per heavy atom. The summed E-state index contributed by atoms with van der Waals surface area (Å²) in [6.07, 6.45) is 4.28. The molecule has 0 aromatic carbocycles. The first-order chi connectivity index (χ1) is 7.29. The number of hydrogen-bond acceptors (Lipinski definition) is 4. The SMILES string of the molecule is COC(=O)C1(C2CCNC2)CCCCN1. The summed E-state index contributed by atoms with van der Waals surface area (Å²) < 4.78 is 4.98. The van der Waals surface area contributed by atoms with Crippen LogP contribution in [0.5, 0.6) is 0 Å². The van der Waals surface area contributed by atoms with Crippen LogP contribution in [-0.4, -0.2) is 38.3 Å². The highest BCUT2D eigenvalue weighted by Crippen LogP contribution is 2.32. The predicted octanol–water partition coefficient (Wildman–Crippen LogP) is 0.281. The highest BCUT2D eigenvalue weighted by atomic mass is 16.5. The number of rotatable bonds is 2. The van der Waals surface area contributed by atoms with Crippen LogP contribution in [0.2, 0.25) is 0 Å².